The molecule has 2 aromatic carbocycles. The first-order chi connectivity index (χ1) is 13.0. The summed E-state index contributed by atoms with van der Waals surface area (Å²) in [6.07, 6.45) is -2.14. The lowest BCUT2D eigenvalue weighted by Crippen LogP contribution is -2.46. The van der Waals surface area contributed by atoms with Gasteiger partial charge in [0.05, 0.1) is 13.7 Å². The SMILES string of the molecule is CCOC(=O)[C@@H](NC(=O)OCc1ccccc1)[C@H](O)c1ccc(OC)cc1. The molecule has 27 heavy (non-hydrogen) atoms. The van der Waals surface area contributed by atoms with Crippen molar-refractivity contribution in [2.24, 2.45) is 0 Å². The van der Waals surface area contributed by atoms with Crippen molar-refractivity contribution < 1.29 is 28.9 Å². The highest BCUT2D eigenvalue weighted by Gasteiger charge is 2.31. The lowest BCUT2D eigenvalue weighted by Gasteiger charge is -2.22. The standard InChI is InChI=1S/C20H23NO6/c1-3-26-19(23)17(18(22)15-9-11-16(25-2)12-10-15)21-20(24)27-13-14-7-5-4-6-8-14/h4-12,17-18,22H,3,13H2,1-2H3,(H,21,24)/t17-,18+/m0/s1. The predicted molar refractivity (Wildman–Crippen MR) is 98.1 cm³/mol. The molecular formula is C20H23NO6. The van der Waals surface area contributed by atoms with Gasteiger partial charge in [-0.1, -0.05) is 42.5 Å². The van der Waals surface area contributed by atoms with E-state index in [9.17, 15) is 14.7 Å². The van der Waals surface area contributed by atoms with Gasteiger partial charge in [0.25, 0.3) is 0 Å². The van der Waals surface area contributed by atoms with Gasteiger partial charge in [-0.05, 0) is 30.2 Å². The van der Waals surface area contributed by atoms with Crippen molar-refractivity contribution in [2.45, 2.75) is 25.7 Å². The van der Waals surface area contributed by atoms with Crippen LogP contribution in [-0.4, -0.2) is 36.9 Å². The van der Waals surface area contributed by atoms with Crippen LogP contribution in [0.5, 0.6) is 5.75 Å². The minimum absolute atomic E-state index is 0.0425. The van der Waals surface area contributed by atoms with E-state index in [1.165, 1.54) is 7.11 Å². The van der Waals surface area contributed by atoms with E-state index >= 15 is 0 Å². The Morgan fingerprint density at radius 3 is 2.30 bits per heavy atom. The molecular weight excluding hydrogens is 350 g/mol. The molecule has 0 unspecified atom stereocenters. The van der Waals surface area contributed by atoms with Gasteiger partial charge >= 0.3 is 12.1 Å². The summed E-state index contributed by atoms with van der Waals surface area (Å²) in [7, 11) is 1.52. The Hall–Kier alpha value is -3.06. The maximum absolute atomic E-state index is 12.2. The van der Waals surface area contributed by atoms with Crippen LogP contribution in [0.1, 0.15) is 24.2 Å². The number of hydrogen-bond acceptors (Lipinski definition) is 6. The monoisotopic (exact) mass is 373 g/mol. The van der Waals surface area contributed by atoms with E-state index in [1.54, 1.807) is 31.2 Å². The van der Waals surface area contributed by atoms with E-state index in [0.29, 0.717) is 11.3 Å². The summed E-state index contributed by atoms with van der Waals surface area (Å²) in [5.74, 6) is -0.147. The third kappa shape index (κ3) is 6.00. The van der Waals surface area contributed by atoms with Gasteiger partial charge in [0.1, 0.15) is 18.5 Å². The number of aliphatic hydroxyl groups excluding tert-OH is 1. The first-order valence-electron chi connectivity index (χ1n) is 8.51. The molecule has 0 aliphatic carbocycles. The zero-order valence-electron chi connectivity index (χ0n) is 15.3. The van der Waals surface area contributed by atoms with Crippen LogP contribution in [0.4, 0.5) is 4.79 Å². The first kappa shape index (κ1) is 20.3. The average molecular weight is 373 g/mol. The van der Waals surface area contributed by atoms with Gasteiger partial charge in [0.15, 0.2) is 6.04 Å². The minimum atomic E-state index is -1.31. The quantitative estimate of drug-likeness (QED) is 0.691. The summed E-state index contributed by atoms with van der Waals surface area (Å²) < 4.78 is 15.2. The fourth-order valence-corrected chi connectivity index (χ4v) is 2.38. The predicted octanol–water partition coefficient (Wildman–Crippen LogP) is 2.59. The summed E-state index contributed by atoms with van der Waals surface area (Å²) in [6, 6.07) is 14.3. The van der Waals surface area contributed by atoms with Crippen molar-refractivity contribution in [1.82, 2.24) is 5.32 Å². The van der Waals surface area contributed by atoms with Gasteiger partial charge in [-0.15, -0.1) is 0 Å². The molecule has 0 radical (unpaired) electrons. The second-order valence-electron chi connectivity index (χ2n) is 5.65. The summed E-state index contributed by atoms with van der Waals surface area (Å²) in [5.41, 5.74) is 1.23. The van der Waals surface area contributed by atoms with Gasteiger partial charge in [-0.2, -0.15) is 0 Å². The average Bonchev–Trinajstić information content (AvgIpc) is 2.71. The molecule has 2 aromatic rings. The molecule has 2 rings (SSSR count). The van der Waals surface area contributed by atoms with Crippen LogP contribution in [0.25, 0.3) is 0 Å². The number of nitrogens with one attached hydrogen (secondary N) is 1. The normalized spacial score (nSPS) is 12.6. The van der Waals surface area contributed by atoms with E-state index in [2.05, 4.69) is 5.32 Å². The number of carbonyl (C=O) groups is 2. The van der Waals surface area contributed by atoms with Crippen LogP contribution in [0.2, 0.25) is 0 Å². The number of methoxy groups -OCH3 is 1. The van der Waals surface area contributed by atoms with Gasteiger partial charge in [-0.25, -0.2) is 9.59 Å². The maximum atomic E-state index is 12.2. The number of benzene rings is 2. The zero-order valence-corrected chi connectivity index (χ0v) is 15.3. The fraction of sp³-hybridized carbons (Fsp3) is 0.300. The van der Waals surface area contributed by atoms with Crippen molar-refractivity contribution >= 4 is 12.1 Å². The smallest absolute Gasteiger partial charge is 0.408 e. The highest BCUT2D eigenvalue weighted by atomic mass is 16.6. The maximum Gasteiger partial charge on any atom is 0.408 e. The third-order valence-corrected chi connectivity index (χ3v) is 3.80. The van der Waals surface area contributed by atoms with Gasteiger partial charge in [0.2, 0.25) is 0 Å². The molecule has 0 bridgehead atoms. The number of carbonyl (C=O) groups excluding carboxylic acids is 2. The Morgan fingerprint density at radius 2 is 1.70 bits per heavy atom. The molecule has 0 heterocycles. The molecule has 0 fully saturated rings. The zero-order chi connectivity index (χ0) is 19.6. The van der Waals surface area contributed by atoms with Crippen LogP contribution in [0.3, 0.4) is 0 Å². The fourth-order valence-electron chi connectivity index (χ4n) is 2.38. The van der Waals surface area contributed by atoms with Crippen molar-refractivity contribution in [2.75, 3.05) is 13.7 Å². The summed E-state index contributed by atoms with van der Waals surface area (Å²) >= 11 is 0. The number of hydrogen-bond donors (Lipinski definition) is 2. The van der Waals surface area contributed by atoms with Crippen LogP contribution in [-0.2, 0) is 20.9 Å². The number of ether oxygens (including phenoxy) is 3. The number of aliphatic hydroxyl groups is 1. The Bertz CT molecular complexity index is 732. The molecule has 0 aromatic heterocycles. The number of amides is 1. The van der Waals surface area contributed by atoms with E-state index in [-0.39, 0.29) is 13.2 Å². The Balaban J connectivity index is 2.05. The molecule has 144 valence electrons. The van der Waals surface area contributed by atoms with E-state index in [4.69, 9.17) is 14.2 Å². The molecule has 0 spiro atoms. The second kappa shape index (κ2) is 10.2. The lowest BCUT2D eigenvalue weighted by atomic mass is 10.0. The molecule has 0 aliphatic heterocycles. The summed E-state index contributed by atoms with van der Waals surface area (Å²) in [4.78, 5) is 24.3. The van der Waals surface area contributed by atoms with Gasteiger partial charge in [0, 0.05) is 0 Å². The van der Waals surface area contributed by atoms with Gasteiger partial charge < -0.3 is 24.6 Å². The summed E-state index contributed by atoms with van der Waals surface area (Å²) in [5, 5.41) is 12.9. The Morgan fingerprint density at radius 1 is 1.04 bits per heavy atom. The number of alkyl carbamates (subject to hydrolysis) is 1. The largest absolute Gasteiger partial charge is 0.497 e. The number of rotatable bonds is 8. The first-order valence-corrected chi connectivity index (χ1v) is 8.51. The molecule has 7 nitrogen and oxygen atoms in total. The molecule has 2 N–H and O–H groups in total. The van der Waals surface area contributed by atoms with Crippen molar-refractivity contribution in [1.29, 1.82) is 0 Å². The number of esters is 1. The molecule has 0 saturated carbocycles. The van der Waals surface area contributed by atoms with E-state index < -0.39 is 24.2 Å². The van der Waals surface area contributed by atoms with Crippen LogP contribution in [0.15, 0.2) is 54.6 Å². The molecule has 1 amide bonds. The molecule has 0 aliphatic rings. The highest BCUT2D eigenvalue weighted by Crippen LogP contribution is 2.21. The van der Waals surface area contributed by atoms with Crippen molar-refractivity contribution in [3.8, 4) is 5.75 Å². The van der Waals surface area contributed by atoms with Crippen molar-refractivity contribution in [3.05, 3.63) is 65.7 Å². The highest BCUT2D eigenvalue weighted by molar-refractivity contribution is 5.82. The molecule has 0 saturated heterocycles. The van der Waals surface area contributed by atoms with E-state index in [1.807, 2.05) is 30.3 Å². The van der Waals surface area contributed by atoms with E-state index in [0.717, 1.165) is 5.56 Å². The minimum Gasteiger partial charge on any atom is -0.497 e. The second-order valence-corrected chi connectivity index (χ2v) is 5.65. The lowest BCUT2D eigenvalue weighted by molar-refractivity contribution is -0.148. The van der Waals surface area contributed by atoms with Crippen LogP contribution >= 0.6 is 0 Å². The Labute approximate surface area is 157 Å². The van der Waals surface area contributed by atoms with Gasteiger partial charge in [-0.3, -0.25) is 0 Å². The molecule has 2 atom stereocenters. The van der Waals surface area contributed by atoms with Crippen LogP contribution in [0, 0.1) is 0 Å². The third-order valence-electron chi connectivity index (χ3n) is 3.80. The summed E-state index contributed by atoms with van der Waals surface area (Å²) in [6.45, 7) is 1.80. The van der Waals surface area contributed by atoms with Crippen LogP contribution < -0.4 is 10.1 Å². The topological polar surface area (TPSA) is 94.1 Å². The van der Waals surface area contributed by atoms with Crippen molar-refractivity contribution in [3.63, 3.8) is 0 Å². The Kier molecular flexibility index (Phi) is 7.63. The molecule has 7 heteroatoms.